The molecule has 0 heterocycles. The summed E-state index contributed by atoms with van der Waals surface area (Å²) in [4.78, 5) is 40.5. The maximum atomic E-state index is 14.2. The summed E-state index contributed by atoms with van der Waals surface area (Å²) in [6.07, 6.45) is 0.297. The number of rotatable bonds is 3. The second-order valence-electron chi connectivity index (χ2n) is 12.8. The van der Waals surface area contributed by atoms with Gasteiger partial charge in [0.1, 0.15) is 22.8 Å². The third kappa shape index (κ3) is 3.43. The number of allylic oxidation sites excluding steroid dienone is 2. The Bertz CT molecular complexity index is 1570. The smallest absolute Gasteiger partial charge is 0.209 e. The number of fused-ring (bicyclic) bond motifs is 3. The zero-order valence-electron chi connectivity index (χ0n) is 24.0. The Balaban J connectivity index is 1.82. The average Bonchev–Trinajstić information content (AvgIpc) is 2.80. The molecule has 2 aromatic rings. The van der Waals surface area contributed by atoms with Crippen molar-refractivity contribution in [1.82, 2.24) is 0 Å². The Morgan fingerprint density at radius 1 is 1.00 bits per heavy atom. The summed E-state index contributed by atoms with van der Waals surface area (Å²) in [6, 6.07) is 9.30. The molecule has 4 atom stereocenters. The van der Waals surface area contributed by atoms with E-state index in [0.717, 1.165) is 29.2 Å². The number of phenolic OH excluding ortho intramolecular Hbond substituents is 1. The first-order valence-electron chi connectivity index (χ1n) is 13.6. The van der Waals surface area contributed by atoms with Gasteiger partial charge < -0.3 is 20.4 Å². The van der Waals surface area contributed by atoms with Gasteiger partial charge in [0.05, 0.1) is 5.56 Å². The highest BCUT2D eigenvalue weighted by Gasteiger charge is 2.71. The molecule has 3 aliphatic carbocycles. The minimum atomic E-state index is -2.61. The molecule has 0 bridgehead atoms. The fourth-order valence-electron chi connectivity index (χ4n) is 8.13. The van der Waals surface area contributed by atoms with Crippen LogP contribution in [0.4, 0.5) is 0 Å². The number of carbonyl (C=O) groups excluding carboxylic acids is 3. The first-order valence-corrected chi connectivity index (χ1v) is 13.6. The summed E-state index contributed by atoms with van der Waals surface area (Å²) >= 11 is 0. The molecule has 7 nitrogen and oxygen atoms in total. The normalized spacial score (nSPS) is 29.9. The predicted octanol–water partition coefficient (Wildman–Crippen LogP) is 5.63. The fourth-order valence-corrected chi connectivity index (χ4v) is 8.13. The summed E-state index contributed by atoms with van der Waals surface area (Å²) in [7, 11) is 0. The number of benzene rings is 2. The molecular formula is C33H36O7. The van der Waals surface area contributed by atoms with Crippen molar-refractivity contribution in [3.8, 4) is 16.9 Å². The number of aromatic hydroxyl groups is 1. The molecule has 40 heavy (non-hydrogen) atoms. The molecule has 1 unspecified atom stereocenters. The molecule has 0 spiro atoms. The molecule has 7 heteroatoms. The number of aliphatic hydroxyl groups excluding tert-OH is 2. The van der Waals surface area contributed by atoms with Crippen molar-refractivity contribution < 1.29 is 34.8 Å². The van der Waals surface area contributed by atoms with Crippen LogP contribution in [0.3, 0.4) is 0 Å². The van der Waals surface area contributed by atoms with E-state index in [9.17, 15) is 34.8 Å². The summed E-state index contributed by atoms with van der Waals surface area (Å²) < 4.78 is 0. The molecule has 0 aliphatic heterocycles. The van der Waals surface area contributed by atoms with Gasteiger partial charge in [-0.05, 0) is 62.3 Å². The van der Waals surface area contributed by atoms with Crippen LogP contribution in [0.5, 0.6) is 5.75 Å². The maximum Gasteiger partial charge on any atom is 0.209 e. The molecule has 5 rings (SSSR count). The lowest BCUT2D eigenvalue weighted by molar-refractivity contribution is -0.171. The van der Waals surface area contributed by atoms with Crippen LogP contribution in [-0.4, -0.2) is 43.4 Å². The first-order chi connectivity index (χ1) is 18.5. The van der Waals surface area contributed by atoms with Crippen molar-refractivity contribution in [1.29, 1.82) is 0 Å². The molecular weight excluding hydrogens is 508 g/mol. The van der Waals surface area contributed by atoms with Crippen molar-refractivity contribution in [3.63, 3.8) is 0 Å². The Labute approximate surface area is 233 Å². The van der Waals surface area contributed by atoms with Gasteiger partial charge in [0.25, 0.3) is 0 Å². The predicted molar refractivity (Wildman–Crippen MR) is 150 cm³/mol. The molecule has 3 aliphatic rings. The summed E-state index contributed by atoms with van der Waals surface area (Å²) in [6.45, 7) is 12.2. The van der Waals surface area contributed by atoms with Gasteiger partial charge in [0.15, 0.2) is 17.2 Å². The van der Waals surface area contributed by atoms with E-state index in [1.165, 1.54) is 6.07 Å². The highest BCUT2D eigenvalue weighted by atomic mass is 16.3. The van der Waals surface area contributed by atoms with E-state index in [4.69, 9.17) is 0 Å². The first kappa shape index (κ1) is 27.8. The van der Waals surface area contributed by atoms with Crippen LogP contribution >= 0.6 is 0 Å². The minimum Gasteiger partial charge on any atom is -0.511 e. The number of aryl methyl sites for hydroxylation is 2. The van der Waals surface area contributed by atoms with Crippen LogP contribution in [-0.2, 0) is 16.0 Å². The second kappa shape index (κ2) is 8.64. The molecule has 0 radical (unpaired) electrons. The van der Waals surface area contributed by atoms with Gasteiger partial charge in [-0.25, -0.2) is 0 Å². The van der Waals surface area contributed by atoms with E-state index >= 15 is 0 Å². The topological polar surface area (TPSA) is 132 Å². The van der Waals surface area contributed by atoms with Gasteiger partial charge in [-0.15, -0.1) is 0 Å². The van der Waals surface area contributed by atoms with E-state index in [-0.39, 0.29) is 35.6 Å². The highest BCUT2D eigenvalue weighted by molar-refractivity contribution is 6.25. The fraction of sp³-hybridized carbons (Fsp3) is 0.424. The lowest BCUT2D eigenvalue weighted by Crippen LogP contribution is -2.67. The quantitative estimate of drug-likeness (QED) is 0.368. The van der Waals surface area contributed by atoms with Crippen LogP contribution in [0.25, 0.3) is 11.1 Å². The Morgan fingerprint density at radius 3 is 2.15 bits per heavy atom. The number of aliphatic hydroxyl groups is 3. The lowest BCUT2D eigenvalue weighted by atomic mass is 9.44. The van der Waals surface area contributed by atoms with E-state index in [2.05, 4.69) is 0 Å². The highest BCUT2D eigenvalue weighted by Crippen LogP contribution is 2.65. The van der Waals surface area contributed by atoms with Gasteiger partial charge in [-0.2, -0.15) is 0 Å². The van der Waals surface area contributed by atoms with Crippen molar-refractivity contribution in [2.45, 2.75) is 66.9 Å². The number of carbonyl (C=O) groups is 3. The molecule has 0 amide bonds. The SMILES string of the molecule is CC(=O)C1=C(O)C(C(C)C)[C@@]2(C)C[C@@]3(C)Cc4c(-c5cc(C)cc(C)c5)ccc(O)c4C(=O)C3=C(O)[C@@]2(O)C1=O. The molecule has 210 valence electrons. The maximum absolute atomic E-state index is 14.2. The zero-order chi connectivity index (χ0) is 29.7. The molecule has 2 aromatic carbocycles. The van der Waals surface area contributed by atoms with E-state index < -0.39 is 56.8 Å². The summed E-state index contributed by atoms with van der Waals surface area (Å²) in [5, 5.41) is 46.1. The largest absolute Gasteiger partial charge is 0.511 e. The van der Waals surface area contributed by atoms with Gasteiger partial charge in [0, 0.05) is 22.3 Å². The van der Waals surface area contributed by atoms with Crippen LogP contribution < -0.4 is 0 Å². The van der Waals surface area contributed by atoms with Crippen molar-refractivity contribution in [2.24, 2.45) is 22.7 Å². The van der Waals surface area contributed by atoms with Crippen molar-refractivity contribution in [2.75, 3.05) is 0 Å². The average molecular weight is 545 g/mol. The third-order valence-corrected chi connectivity index (χ3v) is 9.42. The van der Waals surface area contributed by atoms with Gasteiger partial charge in [-0.3, -0.25) is 14.4 Å². The summed E-state index contributed by atoms with van der Waals surface area (Å²) in [5.74, 6) is -5.15. The second-order valence-corrected chi connectivity index (χ2v) is 12.8. The van der Waals surface area contributed by atoms with Crippen LogP contribution in [0.2, 0.25) is 0 Å². The Hall–Kier alpha value is -3.71. The van der Waals surface area contributed by atoms with E-state index in [1.54, 1.807) is 13.0 Å². The standard InChI is InChI=1S/C33H36O7/c1-15(2)25-27(36)23(18(5)34)29(38)33(40)30(39)26-28(37)24-21(13-31(26,6)14-32(25,33)7)20(8-9-22(24)35)19-11-16(3)10-17(4)12-19/h8-12,15,25,35-36,39-40H,13-14H2,1-7H3/t25?,31-,32-,33+/m1/s1. The van der Waals surface area contributed by atoms with Crippen molar-refractivity contribution >= 4 is 17.3 Å². The van der Waals surface area contributed by atoms with Crippen molar-refractivity contribution in [3.05, 3.63) is 75.3 Å². The number of phenols is 1. The lowest BCUT2D eigenvalue weighted by Gasteiger charge is -2.59. The summed E-state index contributed by atoms with van der Waals surface area (Å²) in [5.41, 5.74) is -1.42. The number of hydrogen-bond acceptors (Lipinski definition) is 7. The van der Waals surface area contributed by atoms with E-state index in [1.807, 2.05) is 52.8 Å². The van der Waals surface area contributed by atoms with Gasteiger partial charge in [0.2, 0.25) is 5.78 Å². The molecule has 0 fully saturated rings. The third-order valence-electron chi connectivity index (χ3n) is 9.42. The minimum absolute atomic E-state index is 0.0248. The molecule has 0 saturated heterocycles. The van der Waals surface area contributed by atoms with Crippen LogP contribution in [0.15, 0.2) is 53.0 Å². The van der Waals surface area contributed by atoms with E-state index in [0.29, 0.717) is 5.56 Å². The molecule has 0 aromatic heterocycles. The molecule has 4 N–H and O–H groups in total. The monoisotopic (exact) mass is 544 g/mol. The van der Waals surface area contributed by atoms with Gasteiger partial charge >= 0.3 is 0 Å². The Morgan fingerprint density at radius 2 is 1.60 bits per heavy atom. The van der Waals surface area contributed by atoms with Crippen LogP contribution in [0, 0.1) is 36.5 Å². The molecule has 0 saturated carbocycles. The van der Waals surface area contributed by atoms with Gasteiger partial charge in [-0.1, -0.05) is 63.1 Å². The number of ketones is 3. The number of hydrogen-bond donors (Lipinski definition) is 4. The zero-order valence-corrected chi connectivity index (χ0v) is 24.0. The Kier molecular flexibility index (Phi) is 6.02. The number of Topliss-reactive ketones (excluding diaryl/α,β-unsaturated/α-hetero) is 3. The van der Waals surface area contributed by atoms with Crippen LogP contribution in [0.1, 0.15) is 68.1 Å².